The number of rotatable bonds is 6. The van der Waals surface area contributed by atoms with Crippen LogP contribution in [0.3, 0.4) is 0 Å². The molecule has 0 saturated heterocycles. The molecular formula is C19H20N4O3. The van der Waals surface area contributed by atoms with Crippen LogP contribution in [0.1, 0.15) is 5.82 Å². The molecule has 2 N–H and O–H groups in total. The molecular weight excluding hydrogens is 332 g/mol. The predicted molar refractivity (Wildman–Crippen MR) is 100 cm³/mol. The lowest BCUT2D eigenvalue weighted by molar-refractivity contribution is -0.119. The third-order valence-electron chi connectivity index (χ3n) is 3.92. The Bertz CT molecular complexity index is 959. The standard InChI is InChI=1S/C19H20N4O3/c1-12-21-15-7-5-4-6-14(15)19(22-12)23(2)13-8-9-16(25-3)17(10-13)26-11-18(20)24/h4-10H,11H2,1-3H3,(H2,20,24). The molecule has 0 bridgehead atoms. The van der Waals surface area contributed by atoms with Gasteiger partial charge in [-0.3, -0.25) is 4.79 Å². The van der Waals surface area contributed by atoms with Crippen LogP contribution >= 0.6 is 0 Å². The van der Waals surface area contributed by atoms with E-state index < -0.39 is 5.91 Å². The van der Waals surface area contributed by atoms with Gasteiger partial charge in [-0.1, -0.05) is 12.1 Å². The molecule has 0 fully saturated rings. The first kappa shape index (κ1) is 17.5. The van der Waals surface area contributed by atoms with Gasteiger partial charge in [0.1, 0.15) is 11.6 Å². The van der Waals surface area contributed by atoms with Crippen molar-refractivity contribution >= 4 is 28.3 Å². The van der Waals surface area contributed by atoms with Crippen molar-refractivity contribution in [1.29, 1.82) is 0 Å². The molecule has 134 valence electrons. The molecule has 7 heteroatoms. The van der Waals surface area contributed by atoms with Crippen LogP contribution in [0.5, 0.6) is 11.5 Å². The monoisotopic (exact) mass is 352 g/mol. The van der Waals surface area contributed by atoms with Crippen LogP contribution in [-0.4, -0.2) is 36.6 Å². The van der Waals surface area contributed by atoms with E-state index in [2.05, 4.69) is 9.97 Å². The number of nitrogens with zero attached hydrogens (tertiary/aromatic N) is 3. The summed E-state index contributed by atoms with van der Waals surface area (Å²) in [6, 6.07) is 13.3. The fraction of sp³-hybridized carbons (Fsp3) is 0.211. The molecule has 1 aromatic heterocycles. The highest BCUT2D eigenvalue weighted by molar-refractivity contribution is 5.91. The Labute approximate surface area is 151 Å². The molecule has 3 rings (SSSR count). The van der Waals surface area contributed by atoms with Gasteiger partial charge in [0.05, 0.1) is 12.6 Å². The fourth-order valence-corrected chi connectivity index (χ4v) is 2.69. The lowest BCUT2D eigenvalue weighted by atomic mass is 10.2. The summed E-state index contributed by atoms with van der Waals surface area (Å²) in [6.45, 7) is 1.64. The zero-order valence-electron chi connectivity index (χ0n) is 14.9. The topological polar surface area (TPSA) is 90.6 Å². The zero-order chi connectivity index (χ0) is 18.7. The van der Waals surface area contributed by atoms with E-state index in [0.29, 0.717) is 17.3 Å². The van der Waals surface area contributed by atoms with Crippen molar-refractivity contribution in [2.45, 2.75) is 6.92 Å². The second kappa shape index (κ2) is 7.26. The second-order valence-electron chi connectivity index (χ2n) is 5.76. The Morgan fingerprint density at radius 2 is 1.92 bits per heavy atom. The summed E-state index contributed by atoms with van der Waals surface area (Å²) < 4.78 is 10.8. The Kier molecular flexibility index (Phi) is 4.88. The van der Waals surface area contributed by atoms with Crippen molar-refractivity contribution in [3.63, 3.8) is 0 Å². The van der Waals surface area contributed by atoms with Gasteiger partial charge in [-0.2, -0.15) is 0 Å². The van der Waals surface area contributed by atoms with Gasteiger partial charge in [-0.05, 0) is 31.2 Å². The number of aromatic nitrogens is 2. The van der Waals surface area contributed by atoms with Gasteiger partial charge in [0, 0.05) is 24.2 Å². The van der Waals surface area contributed by atoms with Gasteiger partial charge >= 0.3 is 0 Å². The van der Waals surface area contributed by atoms with Crippen LogP contribution in [0, 0.1) is 6.92 Å². The van der Waals surface area contributed by atoms with Gasteiger partial charge < -0.3 is 20.1 Å². The number of anilines is 2. The molecule has 0 spiro atoms. The predicted octanol–water partition coefficient (Wildman–Crippen LogP) is 2.58. The van der Waals surface area contributed by atoms with Crippen LogP contribution in [0.15, 0.2) is 42.5 Å². The number of fused-ring (bicyclic) bond motifs is 1. The summed E-state index contributed by atoms with van der Waals surface area (Å²) in [5, 5.41) is 0.941. The van der Waals surface area contributed by atoms with Crippen molar-refractivity contribution < 1.29 is 14.3 Å². The van der Waals surface area contributed by atoms with E-state index in [-0.39, 0.29) is 6.61 Å². The van der Waals surface area contributed by atoms with Crippen LogP contribution in [0.2, 0.25) is 0 Å². The summed E-state index contributed by atoms with van der Waals surface area (Å²) in [5.41, 5.74) is 6.87. The molecule has 0 atom stereocenters. The fourth-order valence-electron chi connectivity index (χ4n) is 2.69. The summed E-state index contributed by atoms with van der Waals surface area (Å²) in [6.07, 6.45) is 0. The highest BCUT2D eigenvalue weighted by Crippen LogP contribution is 2.35. The van der Waals surface area contributed by atoms with Crippen molar-refractivity contribution in [2.24, 2.45) is 5.73 Å². The van der Waals surface area contributed by atoms with Crippen LogP contribution in [0.25, 0.3) is 10.9 Å². The summed E-state index contributed by atoms with van der Waals surface area (Å²) in [7, 11) is 3.45. The maximum atomic E-state index is 11.0. The quantitative estimate of drug-likeness (QED) is 0.733. The molecule has 7 nitrogen and oxygen atoms in total. The molecule has 2 aromatic carbocycles. The highest BCUT2D eigenvalue weighted by atomic mass is 16.5. The minimum atomic E-state index is -0.553. The number of hydrogen-bond donors (Lipinski definition) is 1. The van der Waals surface area contributed by atoms with Gasteiger partial charge in [0.25, 0.3) is 5.91 Å². The Balaban J connectivity index is 2.04. The zero-order valence-corrected chi connectivity index (χ0v) is 14.9. The number of aryl methyl sites for hydroxylation is 1. The third-order valence-corrected chi connectivity index (χ3v) is 3.92. The SMILES string of the molecule is COc1ccc(N(C)c2nc(C)nc3ccccc23)cc1OCC(N)=O. The lowest BCUT2D eigenvalue weighted by Crippen LogP contribution is -2.20. The Hall–Kier alpha value is -3.35. The summed E-state index contributed by atoms with van der Waals surface area (Å²) >= 11 is 0. The highest BCUT2D eigenvalue weighted by Gasteiger charge is 2.15. The first-order valence-electron chi connectivity index (χ1n) is 8.06. The lowest BCUT2D eigenvalue weighted by Gasteiger charge is -2.22. The Morgan fingerprint density at radius 1 is 1.15 bits per heavy atom. The normalized spacial score (nSPS) is 10.6. The third kappa shape index (κ3) is 3.51. The van der Waals surface area contributed by atoms with Gasteiger partial charge in [0.15, 0.2) is 18.1 Å². The van der Waals surface area contributed by atoms with E-state index in [9.17, 15) is 4.79 Å². The first-order chi connectivity index (χ1) is 12.5. The average molecular weight is 352 g/mol. The summed E-state index contributed by atoms with van der Waals surface area (Å²) in [5.74, 6) is 1.87. The van der Waals surface area contributed by atoms with Gasteiger partial charge in [-0.15, -0.1) is 0 Å². The number of hydrogen-bond acceptors (Lipinski definition) is 6. The van der Waals surface area contributed by atoms with Gasteiger partial charge in [0.2, 0.25) is 0 Å². The molecule has 0 radical (unpaired) electrons. The molecule has 1 heterocycles. The number of nitrogens with two attached hydrogens (primary N) is 1. The first-order valence-corrected chi connectivity index (χ1v) is 8.06. The smallest absolute Gasteiger partial charge is 0.255 e. The van der Waals surface area contributed by atoms with E-state index in [0.717, 1.165) is 22.4 Å². The van der Waals surface area contributed by atoms with Crippen molar-refractivity contribution in [3.05, 3.63) is 48.3 Å². The van der Waals surface area contributed by atoms with Crippen molar-refractivity contribution in [1.82, 2.24) is 9.97 Å². The van der Waals surface area contributed by atoms with E-state index in [1.807, 2.05) is 49.2 Å². The van der Waals surface area contributed by atoms with Crippen LogP contribution < -0.4 is 20.1 Å². The minimum Gasteiger partial charge on any atom is -0.493 e. The number of benzene rings is 2. The van der Waals surface area contributed by atoms with E-state index in [1.54, 1.807) is 12.1 Å². The largest absolute Gasteiger partial charge is 0.493 e. The molecule has 0 aliphatic rings. The second-order valence-corrected chi connectivity index (χ2v) is 5.76. The van der Waals surface area contributed by atoms with Crippen molar-refractivity contribution in [2.75, 3.05) is 25.7 Å². The number of carbonyl (C=O) groups is 1. The number of amides is 1. The maximum Gasteiger partial charge on any atom is 0.255 e. The molecule has 0 saturated carbocycles. The van der Waals surface area contributed by atoms with Crippen LogP contribution in [0.4, 0.5) is 11.5 Å². The van der Waals surface area contributed by atoms with Crippen molar-refractivity contribution in [3.8, 4) is 11.5 Å². The minimum absolute atomic E-state index is 0.223. The summed E-state index contributed by atoms with van der Waals surface area (Å²) in [4.78, 5) is 22.0. The van der Waals surface area contributed by atoms with Gasteiger partial charge in [-0.25, -0.2) is 9.97 Å². The molecule has 0 aliphatic heterocycles. The average Bonchev–Trinajstić information content (AvgIpc) is 2.64. The maximum absolute atomic E-state index is 11.0. The number of primary amides is 1. The number of methoxy groups -OCH3 is 1. The number of carbonyl (C=O) groups excluding carboxylic acids is 1. The molecule has 0 aliphatic carbocycles. The molecule has 3 aromatic rings. The van der Waals surface area contributed by atoms with E-state index in [1.165, 1.54) is 7.11 Å². The molecule has 0 unspecified atom stereocenters. The van der Waals surface area contributed by atoms with E-state index in [4.69, 9.17) is 15.2 Å². The van der Waals surface area contributed by atoms with Crippen LogP contribution in [-0.2, 0) is 4.79 Å². The number of para-hydroxylation sites is 1. The number of ether oxygens (including phenoxy) is 2. The molecule has 26 heavy (non-hydrogen) atoms. The Morgan fingerprint density at radius 3 is 2.65 bits per heavy atom. The van der Waals surface area contributed by atoms with E-state index >= 15 is 0 Å². The molecule has 1 amide bonds.